The van der Waals surface area contributed by atoms with E-state index in [-0.39, 0.29) is 11.6 Å². The first kappa shape index (κ1) is 33.6. The van der Waals surface area contributed by atoms with Crippen molar-refractivity contribution in [2.45, 2.75) is 57.1 Å². The van der Waals surface area contributed by atoms with Crippen molar-refractivity contribution in [3.8, 4) is 0 Å². The van der Waals surface area contributed by atoms with Gasteiger partial charge in [-0.25, -0.2) is 28.6 Å². The highest BCUT2D eigenvalue weighted by atomic mass is 31.3. The van der Waals surface area contributed by atoms with Crippen LogP contribution in [0.2, 0.25) is 0 Å². The summed E-state index contributed by atoms with van der Waals surface area (Å²) in [6, 6.07) is 0. The summed E-state index contributed by atoms with van der Waals surface area (Å²) in [4.78, 5) is 59.5. The Bertz CT molecular complexity index is 1340. The van der Waals surface area contributed by atoms with Crippen LogP contribution in [-0.2, 0) is 36.4 Å². The number of carbonyl (C=O) groups excluding carboxylic acids is 1. The maximum absolute atomic E-state index is 12.0. The lowest BCUT2D eigenvalue weighted by molar-refractivity contribution is -0.118. The molecule has 2 aromatic heterocycles. The largest absolute Gasteiger partial charge is 0.490 e. The topological polar surface area (TPSA) is 294 Å². The molecule has 2 unspecified atom stereocenters. The van der Waals surface area contributed by atoms with Crippen molar-refractivity contribution in [2.24, 2.45) is 0 Å². The highest BCUT2D eigenvalue weighted by Gasteiger charge is 2.47. The lowest BCUT2D eigenvalue weighted by atomic mass is 10.1. The maximum Gasteiger partial charge on any atom is 0.490 e. The van der Waals surface area contributed by atoms with Crippen LogP contribution in [0.3, 0.4) is 0 Å². The smallest absolute Gasteiger partial charge is 0.387 e. The number of phosphoric acid groups is 3. The third-order valence-corrected chi connectivity index (χ3v) is 9.36. The highest BCUT2D eigenvalue weighted by molar-refractivity contribution is 7.66. The number of unbranched alkanes of at least 4 members (excludes halogenated alkanes) is 3. The van der Waals surface area contributed by atoms with E-state index in [1.165, 1.54) is 24.1 Å². The van der Waals surface area contributed by atoms with Crippen molar-refractivity contribution in [2.75, 3.05) is 25.0 Å². The van der Waals surface area contributed by atoms with Crippen molar-refractivity contribution in [1.29, 1.82) is 0 Å². The molecule has 20 nitrogen and oxygen atoms in total. The van der Waals surface area contributed by atoms with Crippen LogP contribution in [0.5, 0.6) is 0 Å². The summed E-state index contributed by atoms with van der Waals surface area (Å²) < 4.78 is 52.8. The molecule has 232 valence electrons. The molecule has 8 N–H and O–H groups in total. The molecule has 23 heteroatoms. The van der Waals surface area contributed by atoms with Gasteiger partial charge >= 0.3 is 23.5 Å². The Morgan fingerprint density at radius 3 is 2.32 bits per heavy atom. The first-order valence-electron chi connectivity index (χ1n) is 12.0. The van der Waals surface area contributed by atoms with E-state index in [1.807, 2.05) is 0 Å². The molecule has 1 aliphatic heterocycles. The number of hydrogen-bond donors (Lipinski definition) is 8. The van der Waals surface area contributed by atoms with Gasteiger partial charge in [0.1, 0.15) is 24.6 Å². The molecule has 1 aliphatic rings. The van der Waals surface area contributed by atoms with Crippen LogP contribution in [0.15, 0.2) is 12.7 Å². The maximum atomic E-state index is 12.0. The SMILES string of the molecule is CC(=O)NCCCCCCNc1ncnc2c1ncn2[C@@H]1O[C@H](COP(=O)(O)OP(=O)(O)OP(=O)(O)O)[C@@H](O)[C@H]1O. The van der Waals surface area contributed by atoms with Gasteiger partial charge in [0, 0.05) is 20.0 Å². The van der Waals surface area contributed by atoms with Crippen LogP contribution in [0.25, 0.3) is 11.2 Å². The van der Waals surface area contributed by atoms with Gasteiger partial charge in [-0.05, 0) is 12.8 Å². The second kappa shape index (κ2) is 14.1. The lowest BCUT2D eigenvalue weighted by Crippen LogP contribution is -2.33. The van der Waals surface area contributed by atoms with Crippen LogP contribution in [0.4, 0.5) is 5.82 Å². The van der Waals surface area contributed by atoms with Gasteiger partial charge in [-0.15, -0.1) is 0 Å². The first-order valence-corrected chi connectivity index (χ1v) is 16.6. The molecule has 1 amide bonds. The zero-order chi connectivity index (χ0) is 30.4. The van der Waals surface area contributed by atoms with Crippen LogP contribution < -0.4 is 10.6 Å². The molecule has 1 saturated heterocycles. The minimum absolute atomic E-state index is 0.0670. The van der Waals surface area contributed by atoms with E-state index >= 15 is 0 Å². The first-order chi connectivity index (χ1) is 19.1. The number of anilines is 1. The zero-order valence-electron chi connectivity index (χ0n) is 21.5. The Balaban J connectivity index is 1.58. The number of ether oxygens (including phenoxy) is 1. The number of nitrogens with one attached hydrogen (secondary N) is 2. The normalized spacial score (nSPS) is 24.2. The summed E-state index contributed by atoms with van der Waals surface area (Å²) in [6.45, 7) is 1.70. The summed E-state index contributed by atoms with van der Waals surface area (Å²) in [5, 5.41) is 26.8. The van der Waals surface area contributed by atoms with Crippen molar-refractivity contribution in [1.82, 2.24) is 24.8 Å². The Kier molecular flexibility index (Phi) is 11.5. The van der Waals surface area contributed by atoms with Gasteiger partial charge in [-0.2, -0.15) is 8.62 Å². The molecule has 0 radical (unpaired) electrons. The Morgan fingerprint density at radius 1 is 0.976 bits per heavy atom. The van der Waals surface area contributed by atoms with E-state index in [2.05, 4.69) is 38.7 Å². The average Bonchev–Trinajstić information content (AvgIpc) is 3.38. The van der Waals surface area contributed by atoms with Gasteiger partial charge < -0.3 is 45.2 Å². The molecule has 2 aromatic rings. The summed E-state index contributed by atoms with van der Waals surface area (Å²) in [6.07, 6.45) is -0.00725. The molecule has 0 saturated carbocycles. The van der Waals surface area contributed by atoms with Crippen molar-refractivity contribution < 1.29 is 66.2 Å². The fourth-order valence-electron chi connectivity index (χ4n) is 3.81. The number of fused-ring (bicyclic) bond motifs is 1. The van der Waals surface area contributed by atoms with Crippen LogP contribution in [0.1, 0.15) is 38.8 Å². The third kappa shape index (κ3) is 10.1. The molecule has 0 aromatic carbocycles. The fraction of sp³-hybridized carbons (Fsp3) is 0.667. The minimum atomic E-state index is -5.73. The molecule has 3 rings (SSSR count). The molecule has 0 aliphatic carbocycles. The van der Waals surface area contributed by atoms with Crippen LogP contribution in [0, 0.1) is 0 Å². The van der Waals surface area contributed by atoms with E-state index < -0.39 is 54.6 Å². The van der Waals surface area contributed by atoms with Gasteiger partial charge in [-0.1, -0.05) is 12.8 Å². The van der Waals surface area contributed by atoms with E-state index in [0.717, 1.165) is 25.7 Å². The monoisotopic (exact) mass is 648 g/mol. The van der Waals surface area contributed by atoms with Crippen molar-refractivity contribution in [3.05, 3.63) is 12.7 Å². The Morgan fingerprint density at radius 2 is 1.66 bits per heavy atom. The molecule has 6 atom stereocenters. The van der Waals surface area contributed by atoms with Gasteiger partial charge in [0.05, 0.1) is 12.9 Å². The number of aliphatic hydroxyl groups is 2. The number of nitrogens with zero attached hydrogens (tertiary/aromatic N) is 4. The standard InChI is InChI=1S/C18H31N6O14P3/c1-11(25)19-6-4-2-3-5-7-20-16-13-17(22-9-21-16)24(10-23-13)18-15(27)14(26)12(36-18)8-35-40(31,32)38-41(33,34)37-39(28,29)30/h9-10,12,14-15,18,26-27H,2-8H2,1H3,(H,19,25)(H,31,32)(H,33,34)(H,20,21,22)(H2,28,29,30)/t12-,14-,15-,18-/m1/s1. The number of aromatic nitrogens is 4. The van der Waals surface area contributed by atoms with Crippen LogP contribution >= 0.6 is 23.5 Å². The summed E-state index contributed by atoms with van der Waals surface area (Å²) in [5.41, 5.74) is 0.558. The number of amides is 1. The number of carbonyl (C=O) groups is 1. The fourth-order valence-corrected chi connectivity index (χ4v) is 6.84. The predicted octanol–water partition coefficient (Wildman–Crippen LogP) is -0.103. The zero-order valence-corrected chi connectivity index (χ0v) is 24.2. The van der Waals surface area contributed by atoms with Gasteiger partial charge in [0.25, 0.3) is 0 Å². The lowest BCUT2D eigenvalue weighted by Gasteiger charge is -2.19. The highest BCUT2D eigenvalue weighted by Crippen LogP contribution is 2.66. The molecular formula is C18H31N6O14P3. The predicted molar refractivity (Wildman–Crippen MR) is 137 cm³/mol. The number of imidazole rings is 1. The van der Waals surface area contributed by atoms with Gasteiger partial charge in [0.15, 0.2) is 23.2 Å². The van der Waals surface area contributed by atoms with Crippen molar-refractivity contribution in [3.63, 3.8) is 0 Å². The molecule has 0 bridgehead atoms. The summed E-state index contributed by atoms with van der Waals surface area (Å²) in [7, 11) is -16.8. The molecule has 1 fully saturated rings. The summed E-state index contributed by atoms with van der Waals surface area (Å²) >= 11 is 0. The van der Waals surface area contributed by atoms with Crippen molar-refractivity contribution >= 4 is 46.4 Å². The second-order valence-electron chi connectivity index (χ2n) is 8.80. The molecule has 41 heavy (non-hydrogen) atoms. The number of phosphoric ester groups is 1. The third-order valence-electron chi connectivity index (χ3n) is 5.56. The van der Waals surface area contributed by atoms with E-state index in [1.54, 1.807) is 0 Å². The quantitative estimate of drug-likeness (QED) is 0.0870. The minimum Gasteiger partial charge on any atom is -0.387 e. The Labute approximate surface area is 232 Å². The summed E-state index contributed by atoms with van der Waals surface area (Å²) in [5.74, 6) is 0.340. The second-order valence-corrected chi connectivity index (χ2v) is 13.2. The Hall–Kier alpha value is -1.89. The van der Waals surface area contributed by atoms with Gasteiger partial charge in [0.2, 0.25) is 5.91 Å². The van der Waals surface area contributed by atoms with E-state index in [9.17, 15) is 38.5 Å². The molecule has 3 heterocycles. The van der Waals surface area contributed by atoms with E-state index in [0.29, 0.717) is 24.4 Å². The molecule has 0 spiro atoms. The molecular weight excluding hydrogens is 617 g/mol. The van der Waals surface area contributed by atoms with E-state index in [4.69, 9.17) is 14.5 Å². The number of hydrogen-bond acceptors (Lipinski definition) is 14. The number of rotatable bonds is 16. The number of aliphatic hydroxyl groups excluding tert-OH is 2. The van der Waals surface area contributed by atoms with Crippen LogP contribution in [-0.4, -0.2) is 93.2 Å². The average molecular weight is 648 g/mol. The van der Waals surface area contributed by atoms with Gasteiger partial charge in [-0.3, -0.25) is 13.9 Å².